The zero-order chi connectivity index (χ0) is 21.3. The highest BCUT2D eigenvalue weighted by Gasteiger charge is 2.20. The Balaban J connectivity index is 2.14. The van der Waals surface area contributed by atoms with Gasteiger partial charge in [-0.05, 0) is 71.6 Å². The van der Waals surface area contributed by atoms with Crippen molar-refractivity contribution in [3.8, 4) is 0 Å². The number of piperidine rings is 1. The van der Waals surface area contributed by atoms with Crippen molar-refractivity contribution in [3.63, 3.8) is 0 Å². The number of hydrogen-bond acceptors (Lipinski definition) is 4. The Morgan fingerprint density at radius 2 is 1.86 bits per heavy atom. The first-order valence-electron chi connectivity index (χ1n) is 10.6. The van der Waals surface area contributed by atoms with Crippen LogP contribution in [0.1, 0.15) is 63.7 Å². The molecule has 162 valence electrons. The van der Waals surface area contributed by atoms with Crippen molar-refractivity contribution in [1.82, 2.24) is 10.6 Å². The number of amides is 3. The molecule has 0 saturated carbocycles. The predicted molar refractivity (Wildman–Crippen MR) is 118 cm³/mol. The molecule has 7 heteroatoms. The zero-order valence-corrected chi connectivity index (χ0v) is 18.3. The summed E-state index contributed by atoms with van der Waals surface area (Å²) < 4.78 is 5.33. The number of nitrogens with one attached hydrogen (secondary N) is 3. The number of rotatable bonds is 8. The molecule has 0 atom stereocenters. The van der Waals surface area contributed by atoms with Crippen LogP contribution in [-0.2, 0) is 4.74 Å². The highest BCUT2D eigenvalue weighted by Crippen LogP contribution is 2.27. The van der Waals surface area contributed by atoms with Crippen LogP contribution in [0, 0.1) is 0 Å². The van der Waals surface area contributed by atoms with E-state index in [-0.39, 0.29) is 17.5 Å². The number of urea groups is 1. The van der Waals surface area contributed by atoms with Gasteiger partial charge >= 0.3 is 6.03 Å². The second-order valence-corrected chi connectivity index (χ2v) is 8.42. The van der Waals surface area contributed by atoms with Crippen LogP contribution in [-0.4, -0.2) is 50.3 Å². The van der Waals surface area contributed by atoms with E-state index in [9.17, 15) is 9.59 Å². The van der Waals surface area contributed by atoms with Crippen LogP contribution in [0.15, 0.2) is 18.2 Å². The topological polar surface area (TPSA) is 82.7 Å². The molecule has 1 heterocycles. The second-order valence-electron chi connectivity index (χ2n) is 8.42. The van der Waals surface area contributed by atoms with Gasteiger partial charge in [-0.3, -0.25) is 4.79 Å². The normalized spacial score (nSPS) is 14.4. The first-order valence-corrected chi connectivity index (χ1v) is 10.6. The maximum atomic E-state index is 12.9. The summed E-state index contributed by atoms with van der Waals surface area (Å²) in [6.07, 6.45) is 4.25. The van der Waals surface area contributed by atoms with E-state index in [1.54, 1.807) is 6.07 Å². The number of anilines is 2. The molecule has 29 heavy (non-hydrogen) atoms. The molecule has 1 saturated heterocycles. The molecule has 1 aliphatic rings. The van der Waals surface area contributed by atoms with Gasteiger partial charge in [-0.2, -0.15) is 0 Å². The van der Waals surface area contributed by atoms with Gasteiger partial charge in [-0.1, -0.05) is 0 Å². The molecule has 0 bridgehead atoms. The van der Waals surface area contributed by atoms with Crippen LogP contribution >= 0.6 is 0 Å². The molecular weight excluding hydrogens is 368 g/mol. The molecule has 1 fully saturated rings. The highest BCUT2D eigenvalue weighted by atomic mass is 16.5. The van der Waals surface area contributed by atoms with Crippen LogP contribution in [0.3, 0.4) is 0 Å². The van der Waals surface area contributed by atoms with E-state index in [0.717, 1.165) is 38.0 Å². The minimum atomic E-state index is -0.335. The lowest BCUT2D eigenvalue weighted by atomic mass is 10.1. The van der Waals surface area contributed by atoms with Crippen molar-refractivity contribution < 1.29 is 14.3 Å². The molecule has 0 aromatic heterocycles. The summed E-state index contributed by atoms with van der Waals surface area (Å²) in [6.45, 7) is 11.5. The van der Waals surface area contributed by atoms with E-state index in [1.807, 2.05) is 39.8 Å². The lowest BCUT2D eigenvalue weighted by Crippen LogP contribution is -2.43. The SMILES string of the molecule is CCOCCCNC(=O)c1cc(NC(=O)NC(C)(C)C)ccc1N1CCCCC1. The fraction of sp³-hybridized carbons (Fsp3) is 0.636. The summed E-state index contributed by atoms with van der Waals surface area (Å²) in [5.41, 5.74) is 1.79. The van der Waals surface area contributed by atoms with Gasteiger partial charge < -0.3 is 25.6 Å². The first-order chi connectivity index (χ1) is 13.8. The van der Waals surface area contributed by atoms with Gasteiger partial charge in [0.25, 0.3) is 5.91 Å². The average molecular weight is 405 g/mol. The van der Waals surface area contributed by atoms with Crippen LogP contribution < -0.4 is 20.9 Å². The smallest absolute Gasteiger partial charge is 0.319 e. The van der Waals surface area contributed by atoms with E-state index in [0.29, 0.717) is 31.0 Å². The highest BCUT2D eigenvalue weighted by molar-refractivity contribution is 6.02. The van der Waals surface area contributed by atoms with Crippen molar-refractivity contribution in [3.05, 3.63) is 23.8 Å². The van der Waals surface area contributed by atoms with E-state index in [2.05, 4.69) is 20.9 Å². The molecule has 2 rings (SSSR count). The lowest BCUT2D eigenvalue weighted by Gasteiger charge is -2.30. The molecule has 0 unspecified atom stereocenters. The van der Waals surface area contributed by atoms with Gasteiger partial charge in [0, 0.05) is 49.8 Å². The second kappa shape index (κ2) is 11.0. The molecule has 1 aromatic rings. The molecule has 1 aromatic carbocycles. The zero-order valence-electron chi connectivity index (χ0n) is 18.3. The van der Waals surface area contributed by atoms with Gasteiger partial charge in [0.1, 0.15) is 0 Å². The maximum absolute atomic E-state index is 12.9. The molecule has 0 aliphatic carbocycles. The number of carbonyl (C=O) groups is 2. The number of carbonyl (C=O) groups excluding carboxylic acids is 2. The third-order valence-corrected chi connectivity index (χ3v) is 4.64. The Morgan fingerprint density at radius 1 is 1.14 bits per heavy atom. The third kappa shape index (κ3) is 7.93. The average Bonchev–Trinajstić information content (AvgIpc) is 2.67. The van der Waals surface area contributed by atoms with Crippen LogP contribution in [0.4, 0.5) is 16.2 Å². The fourth-order valence-electron chi connectivity index (χ4n) is 3.32. The predicted octanol–water partition coefficient (Wildman–Crippen LogP) is 3.75. The number of benzene rings is 1. The lowest BCUT2D eigenvalue weighted by molar-refractivity contribution is 0.0944. The molecule has 3 amide bonds. The van der Waals surface area contributed by atoms with E-state index in [4.69, 9.17) is 4.74 Å². The molecule has 0 spiro atoms. The van der Waals surface area contributed by atoms with Crippen LogP contribution in [0.5, 0.6) is 0 Å². The molecule has 1 aliphatic heterocycles. The Bertz CT molecular complexity index is 679. The van der Waals surface area contributed by atoms with Crippen LogP contribution in [0.25, 0.3) is 0 Å². The molecule has 0 radical (unpaired) electrons. The Morgan fingerprint density at radius 3 is 2.52 bits per heavy atom. The van der Waals surface area contributed by atoms with E-state index < -0.39 is 0 Å². The summed E-state index contributed by atoms with van der Waals surface area (Å²) in [5.74, 6) is -0.123. The van der Waals surface area contributed by atoms with Crippen molar-refractivity contribution in [1.29, 1.82) is 0 Å². The summed E-state index contributed by atoms with van der Waals surface area (Å²) in [7, 11) is 0. The van der Waals surface area contributed by atoms with Crippen molar-refractivity contribution >= 4 is 23.3 Å². The third-order valence-electron chi connectivity index (χ3n) is 4.64. The Labute approximate surface area is 174 Å². The fourth-order valence-corrected chi connectivity index (χ4v) is 3.32. The standard InChI is InChI=1S/C22H36N4O3/c1-5-29-15-9-12-23-20(27)18-16-17(24-21(28)25-22(2,3)4)10-11-19(18)26-13-7-6-8-14-26/h10-11,16H,5-9,12-15H2,1-4H3,(H,23,27)(H2,24,25,28). The summed E-state index contributed by atoms with van der Waals surface area (Å²) >= 11 is 0. The number of ether oxygens (including phenoxy) is 1. The molecular formula is C22H36N4O3. The van der Waals surface area contributed by atoms with E-state index in [1.165, 1.54) is 6.42 Å². The van der Waals surface area contributed by atoms with Gasteiger partial charge in [-0.15, -0.1) is 0 Å². The minimum Gasteiger partial charge on any atom is -0.382 e. The van der Waals surface area contributed by atoms with Crippen molar-refractivity contribution in [2.45, 2.75) is 58.9 Å². The van der Waals surface area contributed by atoms with Gasteiger partial charge in [0.2, 0.25) is 0 Å². The number of hydrogen-bond donors (Lipinski definition) is 3. The van der Waals surface area contributed by atoms with Crippen molar-refractivity contribution in [2.75, 3.05) is 43.1 Å². The first kappa shape index (κ1) is 23.0. The van der Waals surface area contributed by atoms with Gasteiger partial charge in [0.05, 0.1) is 5.56 Å². The van der Waals surface area contributed by atoms with E-state index >= 15 is 0 Å². The minimum absolute atomic E-state index is 0.123. The maximum Gasteiger partial charge on any atom is 0.319 e. The van der Waals surface area contributed by atoms with Crippen LogP contribution in [0.2, 0.25) is 0 Å². The molecule has 3 N–H and O–H groups in total. The summed E-state index contributed by atoms with van der Waals surface area (Å²) in [4.78, 5) is 27.4. The summed E-state index contributed by atoms with van der Waals surface area (Å²) in [5, 5.41) is 8.69. The van der Waals surface area contributed by atoms with Gasteiger partial charge in [0.15, 0.2) is 0 Å². The number of nitrogens with zero attached hydrogens (tertiary/aromatic N) is 1. The monoisotopic (exact) mass is 404 g/mol. The van der Waals surface area contributed by atoms with Gasteiger partial charge in [-0.25, -0.2) is 4.79 Å². The largest absolute Gasteiger partial charge is 0.382 e. The quantitative estimate of drug-likeness (QED) is 0.576. The Hall–Kier alpha value is -2.28. The molecule has 7 nitrogen and oxygen atoms in total. The Kier molecular flexibility index (Phi) is 8.76. The van der Waals surface area contributed by atoms with Crippen molar-refractivity contribution in [2.24, 2.45) is 0 Å². The summed E-state index contributed by atoms with van der Waals surface area (Å²) in [6, 6.07) is 5.28.